The van der Waals surface area contributed by atoms with Crippen molar-refractivity contribution < 1.29 is 4.74 Å². The number of nitrogens with zero attached hydrogens (tertiary/aromatic N) is 1. The standard InChI is InChI=1S/C14H28N2O/c1-11-3-5-13(6-4-11)9-16-7-8-17-14(10-16)12(2)15/h11-14H,3-10,15H2,1-2H3. The van der Waals surface area contributed by atoms with Crippen molar-refractivity contribution in [3.8, 4) is 0 Å². The van der Waals surface area contributed by atoms with Gasteiger partial charge < -0.3 is 10.5 Å². The molecule has 1 saturated carbocycles. The smallest absolute Gasteiger partial charge is 0.0850 e. The molecule has 3 nitrogen and oxygen atoms in total. The fourth-order valence-electron chi connectivity index (χ4n) is 3.09. The molecule has 0 aromatic heterocycles. The maximum atomic E-state index is 5.93. The van der Waals surface area contributed by atoms with E-state index in [0.29, 0.717) is 0 Å². The van der Waals surface area contributed by atoms with Crippen LogP contribution in [0.5, 0.6) is 0 Å². The van der Waals surface area contributed by atoms with E-state index >= 15 is 0 Å². The topological polar surface area (TPSA) is 38.5 Å². The van der Waals surface area contributed by atoms with Gasteiger partial charge in [0.2, 0.25) is 0 Å². The third-order valence-electron chi connectivity index (χ3n) is 4.42. The molecule has 0 amide bonds. The highest BCUT2D eigenvalue weighted by Crippen LogP contribution is 2.29. The third kappa shape index (κ3) is 3.94. The summed E-state index contributed by atoms with van der Waals surface area (Å²) >= 11 is 0. The van der Waals surface area contributed by atoms with Crippen molar-refractivity contribution >= 4 is 0 Å². The Bertz CT molecular complexity index is 224. The summed E-state index contributed by atoms with van der Waals surface area (Å²) in [5, 5.41) is 0. The molecular formula is C14H28N2O. The monoisotopic (exact) mass is 240 g/mol. The van der Waals surface area contributed by atoms with Gasteiger partial charge in [-0.1, -0.05) is 19.8 Å². The Morgan fingerprint density at radius 2 is 2.00 bits per heavy atom. The Labute approximate surface area is 106 Å². The van der Waals surface area contributed by atoms with Gasteiger partial charge in [0.05, 0.1) is 12.7 Å². The van der Waals surface area contributed by atoms with E-state index in [1.165, 1.54) is 32.2 Å². The van der Waals surface area contributed by atoms with Crippen molar-refractivity contribution in [2.45, 2.75) is 51.7 Å². The van der Waals surface area contributed by atoms with Crippen molar-refractivity contribution in [1.29, 1.82) is 0 Å². The van der Waals surface area contributed by atoms with Crippen LogP contribution in [0.4, 0.5) is 0 Å². The van der Waals surface area contributed by atoms with Crippen LogP contribution in [0.15, 0.2) is 0 Å². The first-order chi connectivity index (χ1) is 8.15. The van der Waals surface area contributed by atoms with Gasteiger partial charge in [0, 0.05) is 25.7 Å². The molecule has 17 heavy (non-hydrogen) atoms. The maximum Gasteiger partial charge on any atom is 0.0850 e. The first kappa shape index (κ1) is 13.3. The second kappa shape index (κ2) is 6.17. The van der Waals surface area contributed by atoms with E-state index in [1.54, 1.807) is 0 Å². The minimum atomic E-state index is 0.157. The number of nitrogens with two attached hydrogens (primary N) is 1. The van der Waals surface area contributed by atoms with Gasteiger partial charge in [-0.05, 0) is 31.6 Å². The van der Waals surface area contributed by atoms with E-state index < -0.39 is 0 Å². The van der Waals surface area contributed by atoms with E-state index in [4.69, 9.17) is 10.5 Å². The lowest BCUT2D eigenvalue weighted by Crippen LogP contribution is -2.50. The van der Waals surface area contributed by atoms with Crippen LogP contribution in [0.1, 0.15) is 39.5 Å². The molecule has 2 fully saturated rings. The fraction of sp³-hybridized carbons (Fsp3) is 1.00. The lowest BCUT2D eigenvalue weighted by Gasteiger charge is -2.38. The van der Waals surface area contributed by atoms with Gasteiger partial charge in [-0.3, -0.25) is 4.90 Å². The zero-order valence-corrected chi connectivity index (χ0v) is 11.4. The SMILES string of the molecule is CC1CCC(CN2CCOC(C(C)N)C2)CC1. The summed E-state index contributed by atoms with van der Waals surface area (Å²) in [6, 6.07) is 0.157. The summed E-state index contributed by atoms with van der Waals surface area (Å²) in [5.41, 5.74) is 5.93. The van der Waals surface area contributed by atoms with E-state index in [2.05, 4.69) is 18.7 Å². The number of hydrogen-bond acceptors (Lipinski definition) is 3. The second-order valence-electron chi connectivity index (χ2n) is 6.15. The summed E-state index contributed by atoms with van der Waals surface area (Å²) in [4.78, 5) is 2.57. The average molecular weight is 240 g/mol. The molecule has 1 saturated heterocycles. The normalized spacial score (nSPS) is 37.9. The quantitative estimate of drug-likeness (QED) is 0.818. The summed E-state index contributed by atoms with van der Waals surface area (Å²) in [6.45, 7) is 8.68. The summed E-state index contributed by atoms with van der Waals surface area (Å²) in [5.74, 6) is 1.87. The third-order valence-corrected chi connectivity index (χ3v) is 4.42. The van der Waals surface area contributed by atoms with Crippen molar-refractivity contribution in [3.63, 3.8) is 0 Å². The van der Waals surface area contributed by atoms with E-state index in [-0.39, 0.29) is 12.1 Å². The first-order valence-electron chi connectivity index (χ1n) is 7.24. The lowest BCUT2D eigenvalue weighted by atomic mass is 9.82. The summed E-state index contributed by atoms with van der Waals surface area (Å²) in [6.07, 6.45) is 5.92. The molecule has 0 bridgehead atoms. The Morgan fingerprint density at radius 3 is 2.65 bits per heavy atom. The van der Waals surface area contributed by atoms with Crippen LogP contribution in [0.2, 0.25) is 0 Å². The predicted octanol–water partition coefficient (Wildman–Crippen LogP) is 1.86. The van der Waals surface area contributed by atoms with Crippen molar-refractivity contribution in [3.05, 3.63) is 0 Å². The van der Waals surface area contributed by atoms with Crippen LogP contribution in [0.25, 0.3) is 0 Å². The minimum absolute atomic E-state index is 0.157. The highest BCUT2D eigenvalue weighted by molar-refractivity contribution is 4.80. The molecule has 1 aliphatic heterocycles. The fourth-order valence-corrected chi connectivity index (χ4v) is 3.09. The van der Waals surface area contributed by atoms with Crippen molar-refractivity contribution in [2.24, 2.45) is 17.6 Å². The molecule has 100 valence electrons. The average Bonchev–Trinajstić information content (AvgIpc) is 2.32. The largest absolute Gasteiger partial charge is 0.374 e. The van der Waals surface area contributed by atoms with E-state index in [1.807, 2.05) is 0 Å². The number of rotatable bonds is 3. The molecule has 0 spiro atoms. The van der Waals surface area contributed by atoms with Crippen LogP contribution >= 0.6 is 0 Å². The molecule has 2 unspecified atom stereocenters. The number of morpholine rings is 1. The number of hydrogen-bond donors (Lipinski definition) is 1. The summed E-state index contributed by atoms with van der Waals surface area (Å²) < 4.78 is 5.71. The number of ether oxygens (including phenoxy) is 1. The van der Waals surface area contributed by atoms with Crippen LogP contribution in [0.3, 0.4) is 0 Å². The first-order valence-corrected chi connectivity index (χ1v) is 7.24. The lowest BCUT2D eigenvalue weighted by molar-refractivity contribution is -0.0435. The van der Waals surface area contributed by atoms with Crippen LogP contribution in [-0.4, -0.2) is 43.3 Å². The van der Waals surface area contributed by atoms with Crippen molar-refractivity contribution in [2.75, 3.05) is 26.2 Å². The molecule has 1 aliphatic carbocycles. The van der Waals surface area contributed by atoms with Crippen LogP contribution < -0.4 is 5.73 Å². The molecule has 2 aliphatic rings. The van der Waals surface area contributed by atoms with Gasteiger partial charge in [0.1, 0.15) is 0 Å². The van der Waals surface area contributed by atoms with Crippen LogP contribution in [0, 0.1) is 11.8 Å². The predicted molar refractivity (Wildman–Crippen MR) is 71.0 cm³/mol. The van der Waals surface area contributed by atoms with Gasteiger partial charge >= 0.3 is 0 Å². The van der Waals surface area contributed by atoms with Gasteiger partial charge in [0.15, 0.2) is 0 Å². The molecular weight excluding hydrogens is 212 g/mol. The maximum absolute atomic E-state index is 5.93. The highest BCUT2D eigenvalue weighted by Gasteiger charge is 2.26. The molecule has 0 aromatic carbocycles. The molecule has 0 radical (unpaired) electrons. The second-order valence-corrected chi connectivity index (χ2v) is 6.15. The molecule has 3 heteroatoms. The zero-order chi connectivity index (χ0) is 12.3. The Hall–Kier alpha value is -0.120. The van der Waals surface area contributed by atoms with Crippen molar-refractivity contribution in [1.82, 2.24) is 4.90 Å². The van der Waals surface area contributed by atoms with Gasteiger partial charge in [0.25, 0.3) is 0 Å². The molecule has 0 aromatic rings. The van der Waals surface area contributed by atoms with Crippen LogP contribution in [-0.2, 0) is 4.74 Å². The minimum Gasteiger partial charge on any atom is -0.374 e. The Kier molecular flexibility index (Phi) is 4.83. The van der Waals surface area contributed by atoms with E-state index in [9.17, 15) is 0 Å². The Balaban J connectivity index is 1.75. The molecule has 2 rings (SSSR count). The van der Waals surface area contributed by atoms with E-state index in [0.717, 1.165) is 31.5 Å². The molecule has 2 N–H and O–H groups in total. The highest BCUT2D eigenvalue weighted by atomic mass is 16.5. The molecule has 1 heterocycles. The van der Waals surface area contributed by atoms with Gasteiger partial charge in [-0.15, -0.1) is 0 Å². The van der Waals surface area contributed by atoms with Gasteiger partial charge in [-0.2, -0.15) is 0 Å². The molecule has 2 atom stereocenters. The Morgan fingerprint density at radius 1 is 1.29 bits per heavy atom. The van der Waals surface area contributed by atoms with Gasteiger partial charge in [-0.25, -0.2) is 0 Å². The zero-order valence-electron chi connectivity index (χ0n) is 11.4. The summed E-state index contributed by atoms with van der Waals surface area (Å²) in [7, 11) is 0.